The second kappa shape index (κ2) is 6.97. The van der Waals surface area contributed by atoms with Gasteiger partial charge in [-0.3, -0.25) is 0 Å². The van der Waals surface area contributed by atoms with Gasteiger partial charge in [-0.05, 0) is 37.6 Å². The Hall–Kier alpha value is -2.23. The highest BCUT2D eigenvalue weighted by Crippen LogP contribution is 2.22. The van der Waals surface area contributed by atoms with Gasteiger partial charge in [-0.25, -0.2) is 4.79 Å². The predicted octanol–water partition coefficient (Wildman–Crippen LogP) is 3.55. The molecule has 1 aromatic heterocycles. The molecule has 0 fully saturated rings. The molecular weight excluding hydrogens is 266 g/mol. The minimum Gasteiger partial charge on any atom is -0.494 e. The number of carbonyl (C=O) groups is 1. The molecule has 4 heteroatoms. The number of rotatable bonds is 6. The fraction of sp³-hybridized carbons (Fsp3) is 0.353. The van der Waals surface area contributed by atoms with Gasteiger partial charge in [-0.15, -0.1) is 0 Å². The van der Waals surface area contributed by atoms with E-state index in [1.54, 1.807) is 0 Å². The molecule has 0 aliphatic heterocycles. The summed E-state index contributed by atoms with van der Waals surface area (Å²) < 4.78 is 12.4. The van der Waals surface area contributed by atoms with Crippen LogP contribution < -0.4 is 4.74 Å². The van der Waals surface area contributed by atoms with E-state index >= 15 is 0 Å². The summed E-state index contributed by atoms with van der Waals surface area (Å²) in [5.41, 5.74) is 1.82. The van der Waals surface area contributed by atoms with Crippen molar-refractivity contribution in [2.24, 2.45) is 0 Å². The summed E-state index contributed by atoms with van der Waals surface area (Å²) in [6, 6.07) is 8.08. The Bertz CT molecular complexity index is 655. The molecule has 0 N–H and O–H groups in total. The SMILES string of the molecule is CCOc1ccc2c(ccn2C/C=C(/CC)C(=O)OC)c1. The lowest BCUT2D eigenvalue weighted by atomic mass is 10.2. The molecule has 1 aromatic carbocycles. The Balaban J connectivity index is 2.23. The quantitative estimate of drug-likeness (QED) is 0.602. The molecule has 2 aromatic rings. The smallest absolute Gasteiger partial charge is 0.333 e. The summed E-state index contributed by atoms with van der Waals surface area (Å²) in [6.07, 6.45) is 4.60. The van der Waals surface area contributed by atoms with Crippen molar-refractivity contribution in [1.29, 1.82) is 0 Å². The minimum atomic E-state index is -0.257. The number of hydrogen-bond acceptors (Lipinski definition) is 3. The highest BCUT2D eigenvalue weighted by molar-refractivity contribution is 5.88. The second-order valence-electron chi connectivity index (χ2n) is 4.70. The zero-order valence-corrected chi connectivity index (χ0v) is 12.8. The van der Waals surface area contributed by atoms with E-state index in [0.717, 1.165) is 16.7 Å². The van der Waals surface area contributed by atoms with E-state index in [0.29, 0.717) is 25.1 Å². The lowest BCUT2D eigenvalue weighted by Crippen LogP contribution is -2.05. The lowest BCUT2D eigenvalue weighted by molar-refractivity contribution is -0.136. The molecule has 0 bridgehead atoms. The third kappa shape index (κ3) is 3.45. The van der Waals surface area contributed by atoms with Crippen LogP contribution in [0.5, 0.6) is 5.75 Å². The standard InChI is InChI=1S/C17H21NO3/c1-4-13(17(19)20-3)8-10-18-11-9-14-12-15(21-5-2)6-7-16(14)18/h6-9,11-12H,4-5,10H2,1-3H3/b13-8-. The fourth-order valence-corrected chi connectivity index (χ4v) is 2.31. The number of ether oxygens (including phenoxy) is 2. The molecule has 112 valence electrons. The predicted molar refractivity (Wildman–Crippen MR) is 83.5 cm³/mol. The van der Waals surface area contributed by atoms with E-state index in [1.807, 2.05) is 44.3 Å². The van der Waals surface area contributed by atoms with Crippen LogP contribution in [-0.4, -0.2) is 24.3 Å². The molecule has 1 heterocycles. The van der Waals surface area contributed by atoms with Crippen LogP contribution in [0.2, 0.25) is 0 Å². The zero-order valence-electron chi connectivity index (χ0n) is 12.8. The van der Waals surface area contributed by atoms with Gasteiger partial charge in [0.15, 0.2) is 0 Å². The molecule has 21 heavy (non-hydrogen) atoms. The summed E-state index contributed by atoms with van der Waals surface area (Å²) in [4.78, 5) is 11.6. The van der Waals surface area contributed by atoms with Crippen LogP contribution in [-0.2, 0) is 16.1 Å². The first-order chi connectivity index (χ1) is 10.2. The van der Waals surface area contributed by atoms with Crippen molar-refractivity contribution in [3.8, 4) is 5.75 Å². The molecule has 0 amide bonds. The molecular formula is C17H21NO3. The minimum absolute atomic E-state index is 0.257. The first-order valence-electron chi connectivity index (χ1n) is 7.18. The second-order valence-corrected chi connectivity index (χ2v) is 4.70. The normalized spacial score (nSPS) is 11.7. The van der Waals surface area contributed by atoms with Gasteiger partial charge >= 0.3 is 5.97 Å². The summed E-state index contributed by atoms with van der Waals surface area (Å²) in [7, 11) is 1.41. The third-order valence-electron chi connectivity index (χ3n) is 3.42. The van der Waals surface area contributed by atoms with Crippen molar-refractivity contribution in [2.75, 3.05) is 13.7 Å². The maximum Gasteiger partial charge on any atom is 0.333 e. The van der Waals surface area contributed by atoms with Crippen LogP contribution in [0.1, 0.15) is 20.3 Å². The largest absolute Gasteiger partial charge is 0.494 e. The topological polar surface area (TPSA) is 40.5 Å². The Kier molecular flexibility index (Phi) is 5.04. The monoisotopic (exact) mass is 287 g/mol. The molecule has 0 spiro atoms. The van der Waals surface area contributed by atoms with E-state index in [2.05, 4.69) is 10.6 Å². The molecule has 0 radical (unpaired) electrons. The van der Waals surface area contributed by atoms with Crippen molar-refractivity contribution in [1.82, 2.24) is 4.57 Å². The number of hydrogen-bond donors (Lipinski definition) is 0. The van der Waals surface area contributed by atoms with E-state index in [-0.39, 0.29) is 5.97 Å². The summed E-state index contributed by atoms with van der Waals surface area (Å²) >= 11 is 0. The maximum atomic E-state index is 11.6. The molecule has 0 unspecified atom stereocenters. The average molecular weight is 287 g/mol. The van der Waals surface area contributed by atoms with Crippen LogP contribution in [0, 0.1) is 0 Å². The molecule has 0 atom stereocenters. The van der Waals surface area contributed by atoms with E-state index < -0.39 is 0 Å². The lowest BCUT2D eigenvalue weighted by Gasteiger charge is -2.06. The van der Waals surface area contributed by atoms with Gasteiger partial charge in [-0.1, -0.05) is 13.0 Å². The van der Waals surface area contributed by atoms with Gasteiger partial charge < -0.3 is 14.0 Å². The highest BCUT2D eigenvalue weighted by atomic mass is 16.5. The van der Waals surface area contributed by atoms with Gasteiger partial charge in [-0.2, -0.15) is 0 Å². The Morgan fingerprint density at radius 2 is 2.10 bits per heavy atom. The van der Waals surface area contributed by atoms with E-state index in [1.165, 1.54) is 7.11 Å². The van der Waals surface area contributed by atoms with Gasteiger partial charge in [0.2, 0.25) is 0 Å². The molecule has 0 saturated heterocycles. The Morgan fingerprint density at radius 3 is 2.76 bits per heavy atom. The maximum absolute atomic E-state index is 11.6. The number of esters is 1. The average Bonchev–Trinajstić information content (AvgIpc) is 2.90. The summed E-state index contributed by atoms with van der Waals surface area (Å²) in [5, 5.41) is 1.13. The molecule has 0 aliphatic rings. The number of allylic oxidation sites excluding steroid dienone is 1. The number of fused-ring (bicyclic) bond motifs is 1. The summed E-state index contributed by atoms with van der Waals surface area (Å²) in [5.74, 6) is 0.620. The Morgan fingerprint density at radius 1 is 1.29 bits per heavy atom. The molecule has 0 saturated carbocycles. The third-order valence-corrected chi connectivity index (χ3v) is 3.42. The molecule has 2 rings (SSSR count). The van der Waals surface area contributed by atoms with Crippen LogP contribution >= 0.6 is 0 Å². The van der Waals surface area contributed by atoms with Crippen molar-refractivity contribution < 1.29 is 14.3 Å². The van der Waals surface area contributed by atoms with Crippen LogP contribution in [0.15, 0.2) is 42.1 Å². The fourth-order valence-electron chi connectivity index (χ4n) is 2.31. The van der Waals surface area contributed by atoms with Crippen LogP contribution in [0.4, 0.5) is 0 Å². The zero-order chi connectivity index (χ0) is 15.2. The van der Waals surface area contributed by atoms with E-state index in [9.17, 15) is 4.79 Å². The van der Waals surface area contributed by atoms with Crippen molar-refractivity contribution in [2.45, 2.75) is 26.8 Å². The van der Waals surface area contributed by atoms with Crippen molar-refractivity contribution in [3.63, 3.8) is 0 Å². The number of aromatic nitrogens is 1. The first kappa shape index (κ1) is 15.2. The first-order valence-corrected chi connectivity index (χ1v) is 7.18. The van der Waals surface area contributed by atoms with Crippen LogP contribution in [0.3, 0.4) is 0 Å². The number of benzene rings is 1. The number of carbonyl (C=O) groups excluding carboxylic acids is 1. The van der Waals surface area contributed by atoms with Crippen LogP contribution in [0.25, 0.3) is 10.9 Å². The van der Waals surface area contributed by atoms with Crippen molar-refractivity contribution >= 4 is 16.9 Å². The van der Waals surface area contributed by atoms with Gasteiger partial charge in [0, 0.05) is 29.2 Å². The highest BCUT2D eigenvalue weighted by Gasteiger charge is 2.07. The molecule has 0 aliphatic carbocycles. The van der Waals surface area contributed by atoms with Gasteiger partial charge in [0.1, 0.15) is 5.75 Å². The Labute approximate surface area is 125 Å². The van der Waals surface area contributed by atoms with E-state index in [4.69, 9.17) is 9.47 Å². The van der Waals surface area contributed by atoms with Crippen molar-refractivity contribution in [3.05, 3.63) is 42.1 Å². The summed E-state index contributed by atoms with van der Waals surface area (Å²) in [6.45, 7) is 5.23. The van der Waals surface area contributed by atoms with Gasteiger partial charge in [0.25, 0.3) is 0 Å². The number of nitrogens with zero attached hydrogens (tertiary/aromatic N) is 1. The van der Waals surface area contributed by atoms with Gasteiger partial charge in [0.05, 0.1) is 13.7 Å². The molecule has 4 nitrogen and oxygen atoms in total. The number of methoxy groups -OCH3 is 1.